The lowest BCUT2D eigenvalue weighted by Crippen LogP contribution is -2.49. The number of amides is 1. The number of hydrogen-bond donors (Lipinski definition) is 2. The van der Waals surface area contributed by atoms with Gasteiger partial charge in [-0.15, -0.1) is 0 Å². The molecule has 3 heteroatoms. The Hall–Kier alpha value is -0.570. The lowest BCUT2D eigenvalue weighted by molar-refractivity contribution is -0.122. The molecule has 0 aromatic carbocycles. The van der Waals surface area contributed by atoms with Crippen LogP contribution >= 0.6 is 0 Å². The summed E-state index contributed by atoms with van der Waals surface area (Å²) in [7, 11) is 0. The Balaban J connectivity index is 1.78. The fourth-order valence-corrected chi connectivity index (χ4v) is 3.54. The van der Waals surface area contributed by atoms with Crippen molar-refractivity contribution in [2.24, 2.45) is 11.3 Å². The van der Waals surface area contributed by atoms with Gasteiger partial charge in [0.2, 0.25) is 5.91 Å². The number of rotatable bonds is 2. The number of nitrogens with one attached hydrogen (secondary N) is 2. The third-order valence-electron chi connectivity index (χ3n) is 4.93. The van der Waals surface area contributed by atoms with Crippen LogP contribution in [0.4, 0.5) is 0 Å². The molecule has 1 amide bonds. The molecular formula is C16H30N2O. The van der Waals surface area contributed by atoms with Gasteiger partial charge in [-0.1, -0.05) is 27.2 Å². The maximum absolute atomic E-state index is 11.2. The summed E-state index contributed by atoms with van der Waals surface area (Å²) in [5.41, 5.74) is 0.452. The van der Waals surface area contributed by atoms with Gasteiger partial charge in [0, 0.05) is 25.0 Å². The van der Waals surface area contributed by atoms with Crippen LogP contribution < -0.4 is 10.6 Å². The zero-order valence-corrected chi connectivity index (χ0v) is 12.8. The predicted molar refractivity (Wildman–Crippen MR) is 79.0 cm³/mol. The monoisotopic (exact) mass is 266 g/mol. The topological polar surface area (TPSA) is 41.1 Å². The maximum Gasteiger partial charge on any atom is 0.220 e. The second-order valence-corrected chi connectivity index (χ2v) is 7.47. The average molecular weight is 266 g/mol. The Morgan fingerprint density at radius 1 is 1.05 bits per heavy atom. The van der Waals surface area contributed by atoms with Crippen LogP contribution in [0.25, 0.3) is 0 Å². The van der Waals surface area contributed by atoms with Crippen LogP contribution in [0.1, 0.15) is 65.7 Å². The van der Waals surface area contributed by atoms with Crippen molar-refractivity contribution in [3.8, 4) is 0 Å². The highest BCUT2D eigenvalue weighted by atomic mass is 16.1. The van der Waals surface area contributed by atoms with E-state index in [0.29, 0.717) is 23.9 Å². The van der Waals surface area contributed by atoms with Crippen LogP contribution in [-0.4, -0.2) is 24.5 Å². The van der Waals surface area contributed by atoms with E-state index < -0.39 is 0 Å². The third-order valence-corrected chi connectivity index (χ3v) is 4.93. The van der Waals surface area contributed by atoms with E-state index in [2.05, 4.69) is 31.4 Å². The minimum Gasteiger partial charge on any atom is -0.355 e. The number of piperidine rings is 1. The molecule has 3 unspecified atom stereocenters. The molecule has 3 nitrogen and oxygen atoms in total. The molecular weight excluding hydrogens is 236 g/mol. The van der Waals surface area contributed by atoms with Gasteiger partial charge in [-0.25, -0.2) is 0 Å². The van der Waals surface area contributed by atoms with E-state index >= 15 is 0 Å². The summed E-state index contributed by atoms with van der Waals surface area (Å²) in [5.74, 6) is 1.08. The molecule has 2 rings (SSSR count). The van der Waals surface area contributed by atoms with Crippen molar-refractivity contribution < 1.29 is 4.79 Å². The van der Waals surface area contributed by atoms with Crippen LogP contribution in [0.2, 0.25) is 0 Å². The molecule has 0 radical (unpaired) electrons. The van der Waals surface area contributed by atoms with Gasteiger partial charge in [0.1, 0.15) is 0 Å². The van der Waals surface area contributed by atoms with Crippen molar-refractivity contribution >= 4 is 5.91 Å². The van der Waals surface area contributed by atoms with E-state index in [1.165, 1.54) is 32.1 Å². The van der Waals surface area contributed by atoms with Crippen molar-refractivity contribution in [1.82, 2.24) is 10.6 Å². The van der Waals surface area contributed by atoms with Gasteiger partial charge < -0.3 is 10.6 Å². The first-order valence-electron chi connectivity index (χ1n) is 7.98. The SMILES string of the molecule is CC(C)(C)C1CCCC(NC2CCC(=O)NC2)CC1. The predicted octanol–water partition coefficient (Wildman–Crippen LogP) is 2.85. The third kappa shape index (κ3) is 4.48. The van der Waals surface area contributed by atoms with Crippen LogP contribution in [-0.2, 0) is 4.79 Å². The fourth-order valence-electron chi connectivity index (χ4n) is 3.54. The van der Waals surface area contributed by atoms with Crippen molar-refractivity contribution in [2.75, 3.05) is 6.54 Å². The zero-order chi connectivity index (χ0) is 13.9. The number of carbonyl (C=O) groups excluding carboxylic acids is 1. The Morgan fingerprint density at radius 3 is 2.47 bits per heavy atom. The molecule has 2 N–H and O–H groups in total. The summed E-state index contributed by atoms with van der Waals surface area (Å²) in [6, 6.07) is 1.15. The van der Waals surface area contributed by atoms with E-state index in [1.54, 1.807) is 0 Å². The molecule has 1 saturated heterocycles. The Labute approximate surface area is 117 Å². The molecule has 2 fully saturated rings. The van der Waals surface area contributed by atoms with Gasteiger partial charge in [-0.2, -0.15) is 0 Å². The molecule has 2 aliphatic rings. The summed E-state index contributed by atoms with van der Waals surface area (Å²) in [5, 5.41) is 6.74. The van der Waals surface area contributed by atoms with Crippen LogP contribution in [0.5, 0.6) is 0 Å². The molecule has 110 valence electrons. The smallest absolute Gasteiger partial charge is 0.220 e. The standard InChI is InChI=1S/C16H30N2O/c1-16(2,3)12-5-4-6-13(8-7-12)18-14-9-10-15(19)17-11-14/h12-14,18H,4-11H2,1-3H3,(H,17,19). The quantitative estimate of drug-likeness (QED) is 0.755. The van der Waals surface area contributed by atoms with E-state index in [1.807, 2.05) is 0 Å². The van der Waals surface area contributed by atoms with E-state index in [-0.39, 0.29) is 5.91 Å². The normalized spacial score (nSPS) is 33.6. The largest absolute Gasteiger partial charge is 0.355 e. The minimum absolute atomic E-state index is 0.215. The van der Waals surface area contributed by atoms with Crippen molar-refractivity contribution in [3.63, 3.8) is 0 Å². The molecule has 1 heterocycles. The lowest BCUT2D eigenvalue weighted by Gasteiger charge is -2.30. The number of carbonyl (C=O) groups is 1. The van der Waals surface area contributed by atoms with Gasteiger partial charge in [0.25, 0.3) is 0 Å². The molecule has 3 atom stereocenters. The summed E-state index contributed by atoms with van der Waals surface area (Å²) in [4.78, 5) is 11.2. The summed E-state index contributed by atoms with van der Waals surface area (Å²) in [6.07, 6.45) is 8.37. The van der Waals surface area contributed by atoms with Gasteiger partial charge in [0.05, 0.1) is 0 Å². The molecule has 1 saturated carbocycles. The average Bonchev–Trinajstić information content (AvgIpc) is 2.57. The first kappa shape index (κ1) is 14.8. The molecule has 0 spiro atoms. The molecule has 0 bridgehead atoms. The highest BCUT2D eigenvalue weighted by Gasteiger charge is 2.29. The molecule has 19 heavy (non-hydrogen) atoms. The second-order valence-electron chi connectivity index (χ2n) is 7.47. The van der Waals surface area contributed by atoms with E-state index in [0.717, 1.165) is 18.9 Å². The van der Waals surface area contributed by atoms with Gasteiger partial charge in [-0.3, -0.25) is 4.79 Å². The molecule has 1 aliphatic heterocycles. The Kier molecular flexibility index (Phi) is 4.88. The molecule has 0 aromatic heterocycles. The molecule has 0 aromatic rings. The Morgan fingerprint density at radius 2 is 1.84 bits per heavy atom. The summed E-state index contributed by atoms with van der Waals surface area (Å²) in [6.45, 7) is 7.95. The van der Waals surface area contributed by atoms with Crippen LogP contribution in [0.3, 0.4) is 0 Å². The highest BCUT2D eigenvalue weighted by Crippen LogP contribution is 2.36. The van der Waals surface area contributed by atoms with E-state index in [9.17, 15) is 4.79 Å². The van der Waals surface area contributed by atoms with Crippen molar-refractivity contribution in [1.29, 1.82) is 0 Å². The highest BCUT2D eigenvalue weighted by molar-refractivity contribution is 5.76. The summed E-state index contributed by atoms with van der Waals surface area (Å²) >= 11 is 0. The maximum atomic E-state index is 11.2. The van der Waals surface area contributed by atoms with Crippen LogP contribution in [0, 0.1) is 11.3 Å². The van der Waals surface area contributed by atoms with Gasteiger partial charge in [-0.05, 0) is 43.4 Å². The molecule has 1 aliphatic carbocycles. The lowest BCUT2D eigenvalue weighted by atomic mass is 9.76. The minimum atomic E-state index is 0.215. The van der Waals surface area contributed by atoms with E-state index in [4.69, 9.17) is 0 Å². The van der Waals surface area contributed by atoms with Crippen LogP contribution in [0.15, 0.2) is 0 Å². The Bertz CT molecular complexity index is 298. The van der Waals surface area contributed by atoms with Gasteiger partial charge in [0.15, 0.2) is 0 Å². The first-order chi connectivity index (χ1) is 8.95. The van der Waals surface area contributed by atoms with Crippen molar-refractivity contribution in [2.45, 2.75) is 77.8 Å². The number of hydrogen-bond acceptors (Lipinski definition) is 2. The fraction of sp³-hybridized carbons (Fsp3) is 0.938. The summed E-state index contributed by atoms with van der Waals surface area (Å²) < 4.78 is 0. The zero-order valence-electron chi connectivity index (χ0n) is 12.8. The first-order valence-corrected chi connectivity index (χ1v) is 7.98. The van der Waals surface area contributed by atoms with Crippen molar-refractivity contribution in [3.05, 3.63) is 0 Å². The van der Waals surface area contributed by atoms with Gasteiger partial charge >= 0.3 is 0 Å². The second kappa shape index (κ2) is 6.25.